The monoisotopic (exact) mass is 860 g/mol. The van der Waals surface area contributed by atoms with Gasteiger partial charge in [0.2, 0.25) is 0 Å². The molecule has 0 bridgehead atoms. The number of carbonyl (C=O) groups is 1. The molecule has 0 atom stereocenters. The van der Waals surface area contributed by atoms with Crippen LogP contribution in [0.1, 0.15) is 49.0 Å². The van der Waals surface area contributed by atoms with Crippen molar-refractivity contribution in [1.29, 1.82) is 0 Å². The molecule has 3 aliphatic rings. The maximum Gasteiger partial charge on any atom is 0.293 e. The van der Waals surface area contributed by atoms with Crippen LogP contribution in [0.3, 0.4) is 0 Å². The highest BCUT2D eigenvalue weighted by Gasteiger charge is 2.30. The van der Waals surface area contributed by atoms with Crippen LogP contribution < -0.4 is 19.7 Å². The van der Waals surface area contributed by atoms with E-state index in [9.17, 15) is 27.7 Å². The fraction of sp³-hybridized carbons (Fsp3) is 0.386. The van der Waals surface area contributed by atoms with Crippen LogP contribution in [-0.2, 0) is 14.8 Å². The third-order valence-electron chi connectivity index (χ3n) is 11.3. The molecule has 1 aliphatic carbocycles. The van der Waals surface area contributed by atoms with Crippen molar-refractivity contribution >= 4 is 50.2 Å². The Bertz CT molecular complexity index is 2350. The molecule has 2 fully saturated rings. The summed E-state index contributed by atoms with van der Waals surface area (Å²) in [5.74, 6) is -1.92. The summed E-state index contributed by atoms with van der Waals surface area (Å²) >= 11 is 6.22. The number of hydrogen-bond donors (Lipinski definition) is 2. The second-order valence-corrected chi connectivity index (χ2v) is 18.3. The van der Waals surface area contributed by atoms with Gasteiger partial charge < -0.3 is 19.7 Å². The van der Waals surface area contributed by atoms with Gasteiger partial charge in [-0.1, -0.05) is 55.3 Å². The van der Waals surface area contributed by atoms with Crippen molar-refractivity contribution in [3.05, 3.63) is 123 Å². The Hall–Kier alpha value is -5.06. The number of hydrogen-bond acceptors (Lipinski definition) is 11. The minimum absolute atomic E-state index is 0.0545. The smallest absolute Gasteiger partial charge is 0.293 e. The van der Waals surface area contributed by atoms with Gasteiger partial charge >= 0.3 is 0 Å². The lowest BCUT2D eigenvalue weighted by atomic mass is 9.72. The largest absolute Gasteiger partial charge is 0.453 e. The Kier molecular flexibility index (Phi) is 13.4. The summed E-state index contributed by atoms with van der Waals surface area (Å²) in [6.45, 7) is 12.1. The highest BCUT2D eigenvalue weighted by atomic mass is 35.5. The zero-order valence-corrected chi connectivity index (χ0v) is 35.4. The number of nitro benzene ring substituents is 1. The molecule has 4 aromatic carbocycles. The molecule has 2 aliphatic heterocycles. The van der Waals surface area contributed by atoms with Gasteiger partial charge in [0.15, 0.2) is 11.6 Å². The van der Waals surface area contributed by atoms with E-state index < -0.39 is 37.3 Å². The number of nitrogens with zero attached hydrogens (tertiary/aromatic N) is 4. The Morgan fingerprint density at radius 2 is 1.67 bits per heavy atom. The lowest BCUT2D eigenvalue weighted by molar-refractivity contribution is -0.384. The minimum atomic E-state index is -4.60. The van der Waals surface area contributed by atoms with Crippen molar-refractivity contribution in [1.82, 2.24) is 14.5 Å². The average Bonchev–Trinajstić information content (AvgIpc) is 3.23. The number of morpholine rings is 1. The number of rotatable bonds is 14. The fourth-order valence-corrected chi connectivity index (χ4v) is 9.02. The first kappa shape index (κ1) is 43.0. The lowest BCUT2D eigenvalue weighted by Gasteiger charge is -2.39. The predicted molar refractivity (Wildman–Crippen MR) is 231 cm³/mol. The van der Waals surface area contributed by atoms with Crippen LogP contribution in [0.25, 0.3) is 5.57 Å². The molecule has 2 saturated heterocycles. The van der Waals surface area contributed by atoms with Crippen LogP contribution in [0, 0.1) is 21.3 Å². The standard InChI is InChI=1S/C44H50ClFN6O7S/c1-44(2)16-15-32(37(29-44)31-7-9-33(45)10-8-31)30-50-19-21-51(22-20-50)34-11-13-36(42(27-34)59-41-6-4-3-5-38(41)46)43(53)48-60(56,57)35-12-14-39(40(28-35)52(54)55)47-17-18-49-23-25-58-26-24-49/h3-14,27-28,47H,15-26,29-30H2,1-2H3,(H,48,53). The third kappa shape index (κ3) is 10.6. The van der Waals surface area contributed by atoms with E-state index in [1.807, 2.05) is 16.9 Å². The summed E-state index contributed by atoms with van der Waals surface area (Å²) in [7, 11) is -4.60. The van der Waals surface area contributed by atoms with Gasteiger partial charge in [-0.25, -0.2) is 17.5 Å². The number of amides is 1. The van der Waals surface area contributed by atoms with Crippen LogP contribution in [-0.4, -0.2) is 101 Å². The summed E-state index contributed by atoms with van der Waals surface area (Å²) in [5.41, 5.74) is 4.49. The van der Waals surface area contributed by atoms with Gasteiger partial charge in [-0.15, -0.1) is 0 Å². The summed E-state index contributed by atoms with van der Waals surface area (Å²) in [6, 6.07) is 22.0. The van der Waals surface area contributed by atoms with Crippen LogP contribution >= 0.6 is 11.6 Å². The number of allylic oxidation sites excluding steroid dienone is 1. The molecule has 318 valence electrons. The van der Waals surface area contributed by atoms with Gasteiger partial charge in [-0.05, 0) is 84.3 Å². The number of sulfonamides is 1. The molecule has 7 rings (SSSR count). The van der Waals surface area contributed by atoms with Crippen LogP contribution in [0.2, 0.25) is 5.02 Å². The Morgan fingerprint density at radius 3 is 2.38 bits per heavy atom. The zero-order chi connectivity index (χ0) is 42.4. The molecule has 2 heterocycles. The molecule has 0 unspecified atom stereocenters. The number of piperazine rings is 1. The first-order valence-corrected chi connectivity index (χ1v) is 22.0. The molecule has 4 aromatic rings. The van der Waals surface area contributed by atoms with E-state index in [2.05, 4.69) is 46.0 Å². The van der Waals surface area contributed by atoms with Crippen molar-refractivity contribution in [2.45, 2.75) is 38.0 Å². The highest BCUT2D eigenvalue weighted by molar-refractivity contribution is 7.90. The summed E-state index contributed by atoms with van der Waals surface area (Å²) < 4.78 is 55.4. The Morgan fingerprint density at radius 1 is 0.933 bits per heavy atom. The van der Waals surface area contributed by atoms with E-state index in [0.29, 0.717) is 50.1 Å². The maximum atomic E-state index is 14.9. The first-order chi connectivity index (χ1) is 28.7. The summed E-state index contributed by atoms with van der Waals surface area (Å²) in [4.78, 5) is 31.4. The molecule has 13 nitrogen and oxygen atoms in total. The molecular weight excluding hydrogens is 811 g/mol. The van der Waals surface area contributed by atoms with Gasteiger partial charge in [0.05, 0.1) is 28.6 Å². The quantitative estimate of drug-likeness (QED) is 0.0945. The number of carbonyl (C=O) groups excluding carboxylic acids is 1. The summed E-state index contributed by atoms with van der Waals surface area (Å²) in [5, 5.41) is 15.8. The molecule has 0 radical (unpaired) electrons. The number of benzene rings is 4. The van der Waals surface area contributed by atoms with Crippen molar-refractivity contribution < 1.29 is 32.0 Å². The topological polar surface area (TPSA) is 147 Å². The normalized spacial score (nSPS) is 17.6. The van der Waals surface area contributed by atoms with E-state index in [4.69, 9.17) is 21.1 Å². The third-order valence-corrected chi connectivity index (χ3v) is 12.9. The van der Waals surface area contributed by atoms with Crippen LogP contribution in [0.4, 0.5) is 21.5 Å². The second-order valence-electron chi connectivity index (χ2n) is 16.2. The van der Waals surface area contributed by atoms with Gasteiger partial charge in [-0.2, -0.15) is 0 Å². The molecule has 1 amide bonds. The summed E-state index contributed by atoms with van der Waals surface area (Å²) in [6.07, 6.45) is 3.14. The van der Waals surface area contributed by atoms with Crippen molar-refractivity contribution in [2.75, 3.05) is 82.3 Å². The van der Waals surface area contributed by atoms with Gasteiger partial charge in [0, 0.05) is 81.7 Å². The van der Waals surface area contributed by atoms with E-state index in [1.165, 1.54) is 53.1 Å². The van der Waals surface area contributed by atoms with E-state index in [-0.39, 0.29) is 28.2 Å². The molecule has 0 aromatic heterocycles. The van der Waals surface area contributed by atoms with Gasteiger partial charge in [-0.3, -0.25) is 24.7 Å². The first-order valence-electron chi connectivity index (χ1n) is 20.1. The van der Waals surface area contributed by atoms with E-state index in [0.717, 1.165) is 58.1 Å². The average molecular weight is 861 g/mol. The van der Waals surface area contributed by atoms with E-state index >= 15 is 0 Å². The number of nitrogens with one attached hydrogen (secondary N) is 2. The maximum absolute atomic E-state index is 14.9. The highest BCUT2D eigenvalue weighted by Crippen LogP contribution is 2.43. The van der Waals surface area contributed by atoms with Crippen molar-refractivity contribution in [2.24, 2.45) is 5.41 Å². The van der Waals surface area contributed by atoms with Crippen molar-refractivity contribution in [3.63, 3.8) is 0 Å². The molecule has 2 N–H and O–H groups in total. The molecule has 0 saturated carbocycles. The molecule has 60 heavy (non-hydrogen) atoms. The number of ether oxygens (including phenoxy) is 2. The van der Waals surface area contributed by atoms with E-state index in [1.54, 1.807) is 18.2 Å². The second kappa shape index (κ2) is 18.7. The number of nitro groups is 1. The Balaban J connectivity index is 1.06. The number of halogens is 2. The SMILES string of the molecule is CC1(C)CCC(CN2CCN(c3ccc(C(=O)NS(=O)(=O)c4ccc(NCCN5CCOCC5)c([N+](=O)[O-])c4)c(Oc4ccccc4F)c3)CC2)=C(c2ccc(Cl)cc2)C1. The van der Waals surface area contributed by atoms with Gasteiger partial charge in [0.1, 0.15) is 11.4 Å². The lowest BCUT2D eigenvalue weighted by Crippen LogP contribution is -2.47. The van der Waals surface area contributed by atoms with Crippen LogP contribution in [0.15, 0.2) is 95.4 Å². The van der Waals surface area contributed by atoms with Crippen LogP contribution in [0.5, 0.6) is 11.5 Å². The van der Waals surface area contributed by atoms with Gasteiger partial charge in [0.25, 0.3) is 21.6 Å². The van der Waals surface area contributed by atoms with Crippen molar-refractivity contribution in [3.8, 4) is 11.5 Å². The number of para-hydroxylation sites is 1. The Labute approximate surface area is 355 Å². The zero-order valence-electron chi connectivity index (χ0n) is 33.8. The minimum Gasteiger partial charge on any atom is -0.453 e. The predicted octanol–water partition coefficient (Wildman–Crippen LogP) is 7.83. The molecule has 0 spiro atoms. The molecular formula is C44H50ClFN6O7S. The molecule has 16 heteroatoms. The number of anilines is 2. The fourth-order valence-electron chi connectivity index (χ4n) is 7.91.